The number of amides is 1. The highest BCUT2D eigenvalue weighted by molar-refractivity contribution is 5.97. The van der Waals surface area contributed by atoms with Crippen molar-refractivity contribution >= 4 is 17.7 Å². The van der Waals surface area contributed by atoms with Gasteiger partial charge in [0, 0.05) is 25.6 Å². The van der Waals surface area contributed by atoms with Gasteiger partial charge in [0.25, 0.3) is 5.91 Å². The Morgan fingerprint density at radius 1 is 1.21 bits per heavy atom. The van der Waals surface area contributed by atoms with E-state index in [2.05, 4.69) is 10.2 Å². The van der Waals surface area contributed by atoms with Crippen molar-refractivity contribution in [3.8, 4) is 5.88 Å². The molecule has 0 aromatic carbocycles. The lowest BCUT2D eigenvalue weighted by Crippen LogP contribution is -2.62. The van der Waals surface area contributed by atoms with Crippen molar-refractivity contribution in [3.63, 3.8) is 0 Å². The standard InChI is InChI=1S/C28H39F2N3O5/c1-3-9-37-26-21(6-7-22(31-26)33-8-4-5-17(16-33)12-23(34)36-2)25(35)32-24-19-10-18-11-20(24)15-28(13-18,14-19)38-27(29)30/h6-7,17-20,24,27H,3-5,8-16H2,1-2H3,(H,32,35)/t17-,18?,19?,20?,24-,28+/m0/s1. The average molecular weight is 536 g/mol. The van der Waals surface area contributed by atoms with Crippen molar-refractivity contribution in [1.29, 1.82) is 0 Å². The van der Waals surface area contributed by atoms with Crippen LogP contribution < -0.4 is 15.0 Å². The highest BCUT2D eigenvalue weighted by Crippen LogP contribution is 2.57. The van der Waals surface area contributed by atoms with Gasteiger partial charge in [-0.3, -0.25) is 9.59 Å². The van der Waals surface area contributed by atoms with Gasteiger partial charge in [0.05, 0.1) is 19.3 Å². The van der Waals surface area contributed by atoms with Gasteiger partial charge in [-0.2, -0.15) is 13.8 Å². The molecule has 5 aliphatic rings. The largest absolute Gasteiger partial charge is 0.477 e. The van der Waals surface area contributed by atoms with Crippen LogP contribution in [0.1, 0.15) is 75.1 Å². The van der Waals surface area contributed by atoms with Crippen LogP contribution in [0.5, 0.6) is 5.88 Å². The zero-order valence-electron chi connectivity index (χ0n) is 22.3. The van der Waals surface area contributed by atoms with Crippen molar-refractivity contribution in [2.45, 2.75) is 83.0 Å². The number of methoxy groups -OCH3 is 1. The maximum atomic E-state index is 13.5. The summed E-state index contributed by atoms with van der Waals surface area (Å²) in [6, 6.07) is 3.55. The second-order valence-corrected chi connectivity index (χ2v) is 11.6. The summed E-state index contributed by atoms with van der Waals surface area (Å²) in [6.07, 6.45) is 6.75. The van der Waals surface area contributed by atoms with E-state index in [1.54, 1.807) is 6.07 Å². The Labute approximate surface area is 222 Å². The molecule has 4 aliphatic carbocycles. The number of carbonyl (C=O) groups is 2. The SMILES string of the molecule is CCCOc1nc(N2CCC[C@@H](CC(=O)OC)C2)ccc1C(=O)N[C@H]1C2CC3CC1C[C@@](OC(F)F)(C3)C2. The van der Waals surface area contributed by atoms with Crippen LogP contribution in [0.3, 0.4) is 0 Å². The molecule has 1 aromatic heterocycles. The van der Waals surface area contributed by atoms with E-state index in [1.807, 2.05) is 13.0 Å². The van der Waals surface area contributed by atoms with Crippen molar-refractivity contribution in [2.75, 3.05) is 31.7 Å². The Morgan fingerprint density at radius 2 is 1.97 bits per heavy atom. The van der Waals surface area contributed by atoms with Crippen LogP contribution in [0, 0.1) is 23.7 Å². The van der Waals surface area contributed by atoms with Gasteiger partial charge in [-0.05, 0) is 87.2 Å². The summed E-state index contributed by atoms with van der Waals surface area (Å²) in [5.41, 5.74) is -0.359. The van der Waals surface area contributed by atoms with Gasteiger partial charge in [-0.15, -0.1) is 0 Å². The Balaban J connectivity index is 1.30. The quantitative estimate of drug-likeness (QED) is 0.439. The van der Waals surface area contributed by atoms with Gasteiger partial charge in [-0.1, -0.05) is 6.92 Å². The first-order valence-corrected chi connectivity index (χ1v) is 14.0. The average Bonchev–Trinajstić information content (AvgIpc) is 2.88. The molecule has 4 bridgehead atoms. The molecule has 1 aromatic rings. The van der Waals surface area contributed by atoms with Gasteiger partial charge in [0.2, 0.25) is 5.88 Å². The summed E-state index contributed by atoms with van der Waals surface area (Å²) in [6.45, 7) is 1.18. The molecule has 5 fully saturated rings. The normalized spacial score (nSPS) is 31.9. The van der Waals surface area contributed by atoms with Gasteiger partial charge >= 0.3 is 12.6 Å². The fourth-order valence-corrected chi connectivity index (χ4v) is 7.59. The molecular formula is C28H39F2N3O5. The molecule has 2 unspecified atom stereocenters. The van der Waals surface area contributed by atoms with E-state index in [-0.39, 0.29) is 35.7 Å². The summed E-state index contributed by atoms with van der Waals surface area (Å²) in [5.74, 6) is 1.43. The first kappa shape index (κ1) is 27.1. The fraction of sp³-hybridized carbons (Fsp3) is 0.750. The highest BCUT2D eigenvalue weighted by atomic mass is 19.3. The van der Waals surface area contributed by atoms with Crippen LogP contribution in [0.2, 0.25) is 0 Å². The summed E-state index contributed by atoms with van der Waals surface area (Å²) < 4.78 is 42.2. The van der Waals surface area contributed by atoms with Crippen molar-refractivity contribution < 1.29 is 32.6 Å². The number of halogens is 2. The topological polar surface area (TPSA) is 90.0 Å². The molecule has 6 rings (SSSR count). The Hall–Kier alpha value is -2.49. The summed E-state index contributed by atoms with van der Waals surface area (Å²) in [7, 11) is 1.41. The summed E-state index contributed by atoms with van der Waals surface area (Å²) in [4.78, 5) is 32.2. The molecule has 1 N–H and O–H groups in total. The zero-order valence-corrected chi connectivity index (χ0v) is 22.3. The van der Waals surface area contributed by atoms with Gasteiger partial charge in [0.1, 0.15) is 11.4 Å². The minimum absolute atomic E-state index is 0.0617. The smallest absolute Gasteiger partial charge is 0.345 e. The Morgan fingerprint density at radius 3 is 2.66 bits per heavy atom. The van der Waals surface area contributed by atoms with Gasteiger partial charge in [-0.25, -0.2) is 0 Å². The van der Waals surface area contributed by atoms with Crippen LogP contribution in [-0.4, -0.2) is 61.9 Å². The third kappa shape index (κ3) is 5.75. The summed E-state index contributed by atoms with van der Waals surface area (Å²) in [5, 5.41) is 3.23. The van der Waals surface area contributed by atoms with Crippen LogP contribution in [-0.2, 0) is 14.3 Å². The van der Waals surface area contributed by atoms with Crippen molar-refractivity contribution in [1.82, 2.24) is 10.3 Å². The molecule has 1 amide bonds. The van der Waals surface area contributed by atoms with Gasteiger partial charge in [0.15, 0.2) is 0 Å². The van der Waals surface area contributed by atoms with E-state index >= 15 is 0 Å². The number of hydrogen-bond acceptors (Lipinski definition) is 7. The zero-order chi connectivity index (χ0) is 26.9. The van der Waals surface area contributed by atoms with Crippen LogP contribution >= 0.6 is 0 Å². The van der Waals surface area contributed by atoms with Crippen LogP contribution in [0.25, 0.3) is 0 Å². The van der Waals surface area contributed by atoms with E-state index in [0.29, 0.717) is 56.2 Å². The molecule has 38 heavy (non-hydrogen) atoms. The number of aromatic nitrogens is 1. The van der Waals surface area contributed by atoms with E-state index in [9.17, 15) is 18.4 Å². The third-order valence-electron chi connectivity index (χ3n) is 8.91. The monoisotopic (exact) mass is 535 g/mol. The molecule has 0 radical (unpaired) electrons. The summed E-state index contributed by atoms with van der Waals surface area (Å²) >= 11 is 0. The van der Waals surface area contributed by atoms with Gasteiger partial charge < -0.3 is 24.4 Å². The predicted octanol–water partition coefficient (Wildman–Crippen LogP) is 4.57. The second-order valence-electron chi connectivity index (χ2n) is 11.6. The molecule has 2 heterocycles. The number of piperidine rings is 1. The highest BCUT2D eigenvalue weighted by Gasteiger charge is 2.57. The first-order valence-electron chi connectivity index (χ1n) is 14.0. The second kappa shape index (κ2) is 11.3. The van der Waals surface area contributed by atoms with E-state index in [0.717, 1.165) is 44.5 Å². The number of anilines is 1. The maximum Gasteiger partial charge on any atom is 0.345 e. The molecule has 4 saturated carbocycles. The predicted molar refractivity (Wildman–Crippen MR) is 136 cm³/mol. The molecule has 10 heteroatoms. The molecule has 8 nitrogen and oxygen atoms in total. The lowest BCUT2D eigenvalue weighted by molar-refractivity contribution is -0.260. The van der Waals surface area contributed by atoms with Crippen LogP contribution in [0.4, 0.5) is 14.6 Å². The number of pyridine rings is 1. The lowest BCUT2D eigenvalue weighted by atomic mass is 9.52. The Kier molecular flexibility index (Phi) is 8.07. The number of hydrogen-bond donors (Lipinski definition) is 1. The van der Waals surface area contributed by atoms with E-state index in [4.69, 9.17) is 19.2 Å². The van der Waals surface area contributed by atoms with E-state index < -0.39 is 12.2 Å². The molecule has 1 aliphatic heterocycles. The maximum absolute atomic E-state index is 13.5. The molecular weight excluding hydrogens is 496 g/mol. The molecule has 1 saturated heterocycles. The fourth-order valence-electron chi connectivity index (χ4n) is 7.59. The van der Waals surface area contributed by atoms with Crippen LogP contribution in [0.15, 0.2) is 12.1 Å². The Bertz CT molecular complexity index is 1000. The number of alkyl halides is 2. The number of ether oxygens (including phenoxy) is 3. The number of nitrogens with zero attached hydrogens (tertiary/aromatic N) is 2. The number of esters is 1. The molecule has 3 atom stereocenters. The molecule has 0 spiro atoms. The number of carbonyl (C=O) groups excluding carboxylic acids is 2. The number of nitrogens with one attached hydrogen (secondary N) is 1. The first-order chi connectivity index (χ1) is 18.3. The molecule has 210 valence electrons. The number of rotatable bonds is 10. The van der Waals surface area contributed by atoms with E-state index in [1.165, 1.54) is 7.11 Å². The minimum atomic E-state index is -2.77. The van der Waals surface area contributed by atoms with Crippen molar-refractivity contribution in [2.24, 2.45) is 23.7 Å². The minimum Gasteiger partial charge on any atom is -0.477 e. The van der Waals surface area contributed by atoms with Crippen molar-refractivity contribution in [3.05, 3.63) is 17.7 Å². The lowest BCUT2D eigenvalue weighted by Gasteiger charge is -2.59. The third-order valence-corrected chi connectivity index (χ3v) is 8.91.